The van der Waals surface area contributed by atoms with E-state index in [4.69, 9.17) is 9.84 Å². The number of hydrogen-bond donors (Lipinski definition) is 2. The summed E-state index contributed by atoms with van der Waals surface area (Å²) in [6.45, 7) is 4.59. The molecule has 1 aromatic carbocycles. The van der Waals surface area contributed by atoms with E-state index in [2.05, 4.69) is 5.32 Å². The molecule has 200 valence electrons. The first kappa shape index (κ1) is 25.7. The van der Waals surface area contributed by atoms with E-state index in [1.165, 1.54) is 12.1 Å². The number of anilines is 1. The van der Waals surface area contributed by atoms with Crippen LogP contribution in [0.4, 0.5) is 19.0 Å². The fraction of sp³-hybridized carbons (Fsp3) is 0.577. The number of carbonyl (C=O) groups excluding carboxylic acids is 2. The molecule has 3 aliphatic rings. The number of fused-ring (bicyclic) bond motifs is 1. The van der Waals surface area contributed by atoms with Gasteiger partial charge in [0.1, 0.15) is 11.4 Å². The molecule has 2 fully saturated rings. The maximum atomic E-state index is 14.1. The van der Waals surface area contributed by atoms with E-state index in [-0.39, 0.29) is 30.0 Å². The molecule has 3 heterocycles. The SMILES string of the molecule is CCN1C(=O)[C@@](C)(NC(=O)c2cccc(C(F)(F)F)c2)[C@@H](C2CC2)c2c(CO)nn(C3CCOCC3)c21. The lowest BCUT2D eigenvalue weighted by molar-refractivity contribution is -0.137. The first-order chi connectivity index (χ1) is 17.6. The van der Waals surface area contributed by atoms with E-state index < -0.39 is 29.1 Å². The number of aromatic nitrogens is 2. The first-order valence-corrected chi connectivity index (χ1v) is 12.7. The summed E-state index contributed by atoms with van der Waals surface area (Å²) in [6.07, 6.45) is -1.47. The van der Waals surface area contributed by atoms with E-state index in [0.717, 1.165) is 43.4 Å². The Morgan fingerprint density at radius 1 is 1.24 bits per heavy atom. The Hall–Kier alpha value is -2.92. The zero-order chi connectivity index (χ0) is 26.5. The van der Waals surface area contributed by atoms with Crippen LogP contribution in [0, 0.1) is 5.92 Å². The maximum absolute atomic E-state index is 14.1. The van der Waals surface area contributed by atoms with Crippen LogP contribution in [0.2, 0.25) is 0 Å². The highest BCUT2D eigenvalue weighted by atomic mass is 19.4. The number of carbonyl (C=O) groups is 2. The number of benzene rings is 1. The summed E-state index contributed by atoms with van der Waals surface area (Å²) in [5, 5.41) is 17.9. The number of rotatable bonds is 6. The highest BCUT2D eigenvalue weighted by Crippen LogP contribution is 2.55. The molecule has 0 spiro atoms. The van der Waals surface area contributed by atoms with Gasteiger partial charge in [-0.1, -0.05) is 6.07 Å². The average molecular weight is 521 g/mol. The van der Waals surface area contributed by atoms with E-state index in [1.54, 1.807) is 11.8 Å². The van der Waals surface area contributed by atoms with E-state index in [0.29, 0.717) is 31.3 Å². The second-order valence-corrected chi connectivity index (χ2v) is 10.2. The normalized spacial score (nSPS) is 24.8. The molecule has 5 rings (SSSR count). The molecular formula is C26H31F3N4O4. The molecular weight excluding hydrogens is 489 g/mol. The van der Waals surface area contributed by atoms with Crippen molar-refractivity contribution in [1.82, 2.24) is 15.1 Å². The monoisotopic (exact) mass is 520 g/mol. The van der Waals surface area contributed by atoms with Crippen LogP contribution in [-0.4, -0.2) is 52.0 Å². The number of likely N-dealkylation sites (N-methyl/N-ethyl adjacent to an activating group) is 1. The quantitative estimate of drug-likeness (QED) is 0.604. The van der Waals surface area contributed by atoms with Crippen molar-refractivity contribution in [2.24, 2.45) is 5.92 Å². The van der Waals surface area contributed by atoms with Crippen LogP contribution in [0.3, 0.4) is 0 Å². The summed E-state index contributed by atoms with van der Waals surface area (Å²) in [5.41, 5.74) is -1.33. The van der Waals surface area contributed by atoms with Crippen LogP contribution >= 0.6 is 0 Å². The van der Waals surface area contributed by atoms with Crippen molar-refractivity contribution in [2.75, 3.05) is 24.7 Å². The molecule has 11 heteroatoms. The number of nitrogens with one attached hydrogen (secondary N) is 1. The molecule has 2 aliphatic heterocycles. The van der Waals surface area contributed by atoms with E-state index in [1.807, 2.05) is 11.6 Å². The average Bonchev–Trinajstić information content (AvgIpc) is 3.65. The standard InChI is InChI=1S/C26H31F3N4O4/c1-3-32-23-20(19(14-34)31-33(23)18-9-11-37-12-10-18)21(15-7-8-15)25(2,24(32)36)30-22(35)16-5-4-6-17(13-16)26(27,28)29/h4-6,13,15,18,21,34H,3,7-12,14H2,1-2H3,(H,30,35)/t21-,25-/m0/s1. The number of halogens is 3. The van der Waals surface area contributed by atoms with Gasteiger partial charge in [0, 0.05) is 36.8 Å². The predicted molar refractivity (Wildman–Crippen MR) is 128 cm³/mol. The van der Waals surface area contributed by atoms with Gasteiger partial charge in [-0.3, -0.25) is 14.5 Å². The zero-order valence-electron chi connectivity index (χ0n) is 20.8. The number of alkyl halides is 3. The van der Waals surface area contributed by atoms with Crippen molar-refractivity contribution in [3.05, 3.63) is 46.6 Å². The summed E-state index contributed by atoms with van der Waals surface area (Å²) >= 11 is 0. The van der Waals surface area contributed by atoms with Crippen LogP contribution in [0.1, 0.15) is 78.7 Å². The zero-order valence-corrected chi connectivity index (χ0v) is 20.8. The smallest absolute Gasteiger partial charge is 0.390 e. The van der Waals surface area contributed by atoms with Gasteiger partial charge in [-0.25, -0.2) is 4.68 Å². The van der Waals surface area contributed by atoms with Crippen molar-refractivity contribution < 1.29 is 32.6 Å². The molecule has 2 N–H and O–H groups in total. The summed E-state index contributed by atoms with van der Waals surface area (Å²) in [7, 11) is 0. The molecule has 2 atom stereocenters. The minimum Gasteiger partial charge on any atom is -0.390 e. The minimum atomic E-state index is -4.60. The van der Waals surface area contributed by atoms with Gasteiger partial charge in [0.2, 0.25) is 0 Å². The van der Waals surface area contributed by atoms with Gasteiger partial charge in [-0.2, -0.15) is 18.3 Å². The molecule has 2 amide bonds. The molecule has 37 heavy (non-hydrogen) atoms. The van der Waals surface area contributed by atoms with Crippen LogP contribution in [0.15, 0.2) is 24.3 Å². The van der Waals surface area contributed by atoms with Gasteiger partial charge in [-0.15, -0.1) is 0 Å². The molecule has 2 aromatic rings. The van der Waals surface area contributed by atoms with Gasteiger partial charge in [0.25, 0.3) is 11.8 Å². The third kappa shape index (κ3) is 4.41. The number of nitrogens with zero attached hydrogens (tertiary/aromatic N) is 3. The lowest BCUT2D eigenvalue weighted by Crippen LogP contribution is -2.64. The van der Waals surface area contributed by atoms with Crippen LogP contribution < -0.4 is 10.2 Å². The van der Waals surface area contributed by atoms with Crippen LogP contribution in [0.5, 0.6) is 0 Å². The van der Waals surface area contributed by atoms with Crippen molar-refractivity contribution >= 4 is 17.6 Å². The van der Waals surface area contributed by atoms with Crippen molar-refractivity contribution in [3.63, 3.8) is 0 Å². The fourth-order valence-electron chi connectivity index (χ4n) is 5.88. The predicted octanol–water partition coefficient (Wildman–Crippen LogP) is 3.79. The summed E-state index contributed by atoms with van der Waals surface area (Å²) in [4.78, 5) is 29.0. The molecule has 1 aliphatic carbocycles. The molecule has 0 unspecified atom stereocenters. The lowest BCUT2D eigenvalue weighted by atomic mass is 9.73. The van der Waals surface area contributed by atoms with Crippen LogP contribution in [0.25, 0.3) is 0 Å². The third-order valence-electron chi connectivity index (χ3n) is 7.80. The van der Waals surface area contributed by atoms with E-state index >= 15 is 0 Å². The number of aliphatic hydroxyl groups is 1. The molecule has 0 bridgehead atoms. The van der Waals surface area contributed by atoms with Gasteiger partial charge >= 0.3 is 6.18 Å². The maximum Gasteiger partial charge on any atom is 0.416 e. The van der Waals surface area contributed by atoms with Crippen molar-refractivity contribution in [1.29, 1.82) is 0 Å². The van der Waals surface area contributed by atoms with E-state index in [9.17, 15) is 27.9 Å². The summed E-state index contributed by atoms with van der Waals surface area (Å²) < 4.78 is 47.2. The lowest BCUT2D eigenvalue weighted by Gasteiger charge is -2.46. The minimum absolute atomic E-state index is 0.00792. The number of ether oxygens (including phenoxy) is 1. The highest BCUT2D eigenvalue weighted by molar-refractivity contribution is 6.07. The Morgan fingerprint density at radius 2 is 1.95 bits per heavy atom. The van der Waals surface area contributed by atoms with Crippen molar-refractivity contribution in [3.8, 4) is 0 Å². The van der Waals surface area contributed by atoms with Gasteiger partial charge in [-0.05, 0) is 63.6 Å². The molecule has 1 saturated carbocycles. The van der Waals surface area contributed by atoms with Crippen molar-refractivity contribution in [2.45, 2.75) is 69.8 Å². The third-order valence-corrected chi connectivity index (χ3v) is 7.80. The Balaban J connectivity index is 1.59. The first-order valence-electron chi connectivity index (χ1n) is 12.7. The fourth-order valence-corrected chi connectivity index (χ4v) is 5.88. The molecule has 1 saturated heterocycles. The Morgan fingerprint density at radius 3 is 2.54 bits per heavy atom. The Kier molecular flexibility index (Phi) is 6.56. The number of amides is 2. The number of hydrogen-bond acceptors (Lipinski definition) is 5. The molecule has 8 nitrogen and oxygen atoms in total. The molecule has 0 radical (unpaired) electrons. The van der Waals surface area contributed by atoms with Gasteiger partial charge in [0.15, 0.2) is 0 Å². The largest absolute Gasteiger partial charge is 0.416 e. The number of aliphatic hydroxyl groups excluding tert-OH is 1. The Bertz CT molecular complexity index is 1200. The molecule has 1 aromatic heterocycles. The summed E-state index contributed by atoms with van der Waals surface area (Å²) in [6, 6.07) is 4.19. The summed E-state index contributed by atoms with van der Waals surface area (Å²) in [5.74, 6) is -0.840. The Labute approximate surface area is 212 Å². The highest BCUT2D eigenvalue weighted by Gasteiger charge is 2.58. The second kappa shape index (κ2) is 9.43. The van der Waals surface area contributed by atoms with Gasteiger partial charge < -0.3 is 15.2 Å². The topological polar surface area (TPSA) is 96.7 Å². The van der Waals surface area contributed by atoms with Gasteiger partial charge in [0.05, 0.1) is 23.9 Å². The second-order valence-electron chi connectivity index (χ2n) is 10.2. The van der Waals surface area contributed by atoms with Crippen LogP contribution in [-0.2, 0) is 22.3 Å².